The van der Waals surface area contributed by atoms with Gasteiger partial charge in [-0.25, -0.2) is 4.79 Å². The second-order valence-electron chi connectivity index (χ2n) is 8.75. The predicted molar refractivity (Wildman–Crippen MR) is 137 cm³/mol. The number of anilines is 4. The first-order valence-corrected chi connectivity index (χ1v) is 12.7. The Morgan fingerprint density at radius 2 is 1.89 bits per heavy atom. The maximum atomic E-state index is 11.7. The second kappa shape index (κ2) is 10.5. The Bertz CT molecular complexity index is 1160. The van der Waals surface area contributed by atoms with E-state index in [-0.39, 0.29) is 6.03 Å². The van der Waals surface area contributed by atoms with Gasteiger partial charge in [-0.3, -0.25) is 5.10 Å². The molecule has 3 heterocycles. The summed E-state index contributed by atoms with van der Waals surface area (Å²) in [6.07, 6.45) is 2.42. The summed E-state index contributed by atoms with van der Waals surface area (Å²) >= 11 is 1.45. The molecular weight excluding hydrogens is 464 g/mol. The molecule has 184 valence electrons. The number of piperazine rings is 1. The number of nitrogens with one attached hydrogen (secondary N) is 4. The summed E-state index contributed by atoms with van der Waals surface area (Å²) in [5, 5.41) is 16.9. The van der Waals surface area contributed by atoms with E-state index in [4.69, 9.17) is 9.97 Å². The number of rotatable bonds is 8. The highest BCUT2D eigenvalue weighted by Crippen LogP contribution is 2.39. The zero-order chi connectivity index (χ0) is 24.2. The first kappa shape index (κ1) is 23.4. The molecule has 2 aliphatic rings. The lowest BCUT2D eigenvalue weighted by Gasteiger charge is -2.32. The van der Waals surface area contributed by atoms with Gasteiger partial charge in [-0.1, -0.05) is 0 Å². The molecule has 0 atom stereocenters. The van der Waals surface area contributed by atoms with E-state index >= 15 is 0 Å². The molecule has 5 rings (SSSR count). The van der Waals surface area contributed by atoms with Crippen molar-refractivity contribution < 1.29 is 4.79 Å². The Morgan fingerprint density at radius 1 is 1.11 bits per heavy atom. The number of aromatic amines is 1. The van der Waals surface area contributed by atoms with Gasteiger partial charge < -0.3 is 25.8 Å². The summed E-state index contributed by atoms with van der Waals surface area (Å²) < 4.78 is 0. The number of nitrogens with zero attached hydrogens (tertiary/aromatic N) is 6. The highest BCUT2D eigenvalue weighted by molar-refractivity contribution is 7.99. The molecule has 0 radical (unpaired) electrons. The molecule has 3 aromatic rings. The van der Waals surface area contributed by atoms with E-state index in [1.54, 1.807) is 0 Å². The molecule has 0 unspecified atom stereocenters. The Kier molecular flexibility index (Phi) is 7.00. The Balaban J connectivity index is 1.34. The quantitative estimate of drug-likeness (QED) is 0.373. The molecule has 4 N–H and O–H groups in total. The van der Waals surface area contributed by atoms with E-state index in [2.05, 4.69) is 48.0 Å². The highest BCUT2D eigenvalue weighted by atomic mass is 32.2. The molecule has 1 aliphatic heterocycles. The third kappa shape index (κ3) is 6.20. The SMILES string of the molecule is CCNC(=O)Nc1ccc(Sc2nc(Nc3cc(C4CC4)[nH]n3)nc(N3CCN(C)CC3)n2)cc1. The maximum Gasteiger partial charge on any atom is 0.319 e. The van der Waals surface area contributed by atoms with Crippen LogP contribution in [-0.2, 0) is 0 Å². The predicted octanol–water partition coefficient (Wildman–Crippen LogP) is 3.26. The van der Waals surface area contributed by atoms with Gasteiger partial charge in [0.25, 0.3) is 0 Å². The lowest BCUT2D eigenvalue weighted by atomic mass is 10.3. The average molecular weight is 495 g/mol. The van der Waals surface area contributed by atoms with Crippen molar-refractivity contribution in [1.82, 2.24) is 35.4 Å². The van der Waals surface area contributed by atoms with Crippen LogP contribution in [0.5, 0.6) is 0 Å². The number of benzene rings is 1. The summed E-state index contributed by atoms with van der Waals surface area (Å²) in [5.41, 5.74) is 1.87. The summed E-state index contributed by atoms with van der Waals surface area (Å²) in [4.78, 5) is 31.3. The topological polar surface area (TPSA) is 127 Å². The molecule has 1 aromatic carbocycles. The number of hydrogen-bond donors (Lipinski definition) is 4. The van der Waals surface area contributed by atoms with Crippen molar-refractivity contribution in [3.63, 3.8) is 0 Å². The van der Waals surface area contributed by atoms with E-state index < -0.39 is 0 Å². The van der Waals surface area contributed by atoms with Crippen molar-refractivity contribution in [3.05, 3.63) is 36.0 Å². The molecule has 2 aromatic heterocycles. The van der Waals surface area contributed by atoms with Crippen LogP contribution in [0, 0.1) is 0 Å². The van der Waals surface area contributed by atoms with Crippen molar-refractivity contribution in [2.45, 2.75) is 35.7 Å². The van der Waals surface area contributed by atoms with Crippen molar-refractivity contribution in [2.24, 2.45) is 0 Å². The smallest absolute Gasteiger partial charge is 0.319 e. The maximum absolute atomic E-state index is 11.7. The van der Waals surface area contributed by atoms with E-state index in [9.17, 15) is 4.79 Å². The van der Waals surface area contributed by atoms with Gasteiger partial charge in [-0.15, -0.1) is 0 Å². The molecule has 1 saturated heterocycles. The van der Waals surface area contributed by atoms with Crippen LogP contribution in [-0.4, -0.2) is 75.9 Å². The molecule has 2 fully saturated rings. The van der Waals surface area contributed by atoms with Crippen LogP contribution in [0.25, 0.3) is 0 Å². The van der Waals surface area contributed by atoms with Crippen molar-refractivity contribution in [3.8, 4) is 0 Å². The van der Waals surface area contributed by atoms with Gasteiger partial charge in [0.15, 0.2) is 11.0 Å². The minimum atomic E-state index is -0.221. The average Bonchev–Trinajstić information content (AvgIpc) is 3.60. The standard InChI is InChI=1S/C23H30N10OS/c1-3-24-22(34)25-16-6-8-17(9-7-16)35-23-28-20(26-19-14-18(30-31-19)15-4-5-15)27-21(29-23)33-12-10-32(2)11-13-33/h6-9,14-15H,3-5,10-13H2,1-2H3,(H2,24,25,34)(H2,26,27,28,29,30,31). The third-order valence-corrected chi connectivity index (χ3v) is 6.78. The number of aromatic nitrogens is 5. The summed E-state index contributed by atoms with van der Waals surface area (Å²) in [7, 11) is 2.12. The molecule has 2 amide bonds. The zero-order valence-corrected chi connectivity index (χ0v) is 20.7. The fourth-order valence-electron chi connectivity index (χ4n) is 3.76. The number of hydrogen-bond acceptors (Lipinski definition) is 9. The molecule has 35 heavy (non-hydrogen) atoms. The van der Waals surface area contributed by atoms with Crippen LogP contribution < -0.4 is 20.9 Å². The van der Waals surface area contributed by atoms with Gasteiger partial charge in [-0.2, -0.15) is 20.1 Å². The van der Waals surface area contributed by atoms with Crippen molar-refractivity contribution >= 4 is 41.2 Å². The van der Waals surface area contributed by atoms with E-state index in [0.29, 0.717) is 35.3 Å². The Labute approximate surface area is 208 Å². The number of likely N-dealkylation sites (N-methyl/N-ethyl adjacent to an activating group) is 1. The number of amides is 2. The van der Waals surface area contributed by atoms with Gasteiger partial charge in [0.2, 0.25) is 11.9 Å². The number of H-pyrrole nitrogens is 1. The Morgan fingerprint density at radius 3 is 2.60 bits per heavy atom. The van der Waals surface area contributed by atoms with E-state index in [1.807, 2.05) is 37.3 Å². The normalized spacial score (nSPS) is 16.2. The molecule has 0 spiro atoms. The molecule has 12 heteroatoms. The minimum absolute atomic E-state index is 0.221. The fraction of sp³-hybridized carbons (Fsp3) is 0.435. The Hall–Kier alpha value is -3.38. The van der Waals surface area contributed by atoms with Gasteiger partial charge >= 0.3 is 6.03 Å². The summed E-state index contributed by atoms with van der Waals surface area (Å²) in [6, 6.07) is 9.42. The van der Waals surface area contributed by atoms with Crippen LogP contribution in [0.2, 0.25) is 0 Å². The molecule has 0 bridgehead atoms. The first-order valence-electron chi connectivity index (χ1n) is 11.9. The van der Waals surface area contributed by atoms with Crippen LogP contribution in [0.15, 0.2) is 40.4 Å². The van der Waals surface area contributed by atoms with Gasteiger partial charge in [-0.05, 0) is 62.8 Å². The number of carbonyl (C=O) groups is 1. The van der Waals surface area contributed by atoms with Crippen LogP contribution in [0.1, 0.15) is 31.4 Å². The van der Waals surface area contributed by atoms with Crippen molar-refractivity contribution in [1.29, 1.82) is 0 Å². The van der Waals surface area contributed by atoms with Crippen LogP contribution in [0.3, 0.4) is 0 Å². The lowest BCUT2D eigenvalue weighted by Crippen LogP contribution is -2.45. The summed E-state index contributed by atoms with van der Waals surface area (Å²) in [5.74, 6) is 2.43. The largest absolute Gasteiger partial charge is 0.338 e. The van der Waals surface area contributed by atoms with Gasteiger partial charge in [0.1, 0.15) is 0 Å². The van der Waals surface area contributed by atoms with Gasteiger partial charge in [0.05, 0.1) is 0 Å². The van der Waals surface area contributed by atoms with Gasteiger partial charge in [0, 0.05) is 61.0 Å². The third-order valence-electron chi connectivity index (χ3n) is 5.90. The molecule has 1 aliphatic carbocycles. The molecule has 1 saturated carbocycles. The molecular formula is C23H30N10OS. The zero-order valence-electron chi connectivity index (χ0n) is 19.9. The van der Waals surface area contributed by atoms with E-state index in [0.717, 1.165) is 42.5 Å². The van der Waals surface area contributed by atoms with Crippen LogP contribution in [0.4, 0.5) is 28.2 Å². The highest BCUT2D eigenvalue weighted by Gasteiger charge is 2.26. The summed E-state index contributed by atoms with van der Waals surface area (Å²) in [6.45, 7) is 6.09. The number of carbonyl (C=O) groups excluding carboxylic acids is 1. The van der Waals surface area contributed by atoms with Crippen LogP contribution >= 0.6 is 11.8 Å². The number of urea groups is 1. The van der Waals surface area contributed by atoms with Crippen molar-refractivity contribution in [2.75, 3.05) is 55.3 Å². The second-order valence-corrected chi connectivity index (χ2v) is 9.79. The first-order chi connectivity index (χ1) is 17.1. The minimum Gasteiger partial charge on any atom is -0.338 e. The van der Waals surface area contributed by atoms with E-state index in [1.165, 1.54) is 24.6 Å². The monoisotopic (exact) mass is 494 g/mol. The molecule has 11 nitrogen and oxygen atoms in total. The lowest BCUT2D eigenvalue weighted by molar-refractivity contribution is 0.252. The fourth-order valence-corrected chi connectivity index (χ4v) is 4.50.